The summed E-state index contributed by atoms with van der Waals surface area (Å²) in [6.07, 6.45) is 4.04. The molecular formula is C15H14BrNO2S. The normalized spacial score (nSPS) is 15.9. The van der Waals surface area contributed by atoms with Crippen LogP contribution in [0, 0.1) is 0 Å². The van der Waals surface area contributed by atoms with Crippen molar-refractivity contribution in [1.82, 2.24) is 4.98 Å². The van der Waals surface area contributed by atoms with Crippen LogP contribution in [0.4, 0.5) is 0 Å². The van der Waals surface area contributed by atoms with Crippen LogP contribution in [0.25, 0.3) is 0 Å². The van der Waals surface area contributed by atoms with Crippen molar-refractivity contribution in [2.75, 3.05) is 7.11 Å². The number of Topliss-reactive ketones (excluding diaryl/α,β-unsaturated/α-hetero) is 1. The minimum absolute atomic E-state index is 0.268. The Morgan fingerprint density at radius 3 is 2.60 bits per heavy atom. The second-order valence-corrected chi connectivity index (χ2v) is 7.46. The topological polar surface area (TPSA) is 39.2 Å². The maximum absolute atomic E-state index is 12.6. The van der Waals surface area contributed by atoms with E-state index in [2.05, 4.69) is 20.9 Å². The molecule has 0 saturated heterocycles. The molecule has 0 atom stereocenters. The zero-order chi connectivity index (χ0) is 14.2. The van der Waals surface area contributed by atoms with E-state index in [1.54, 1.807) is 13.3 Å². The lowest BCUT2D eigenvalue weighted by Crippen LogP contribution is -2.22. The summed E-state index contributed by atoms with van der Waals surface area (Å²) in [4.78, 5) is 16.8. The van der Waals surface area contributed by atoms with E-state index >= 15 is 0 Å². The van der Waals surface area contributed by atoms with Crippen LogP contribution in [0.5, 0.6) is 5.75 Å². The Morgan fingerprint density at radius 1 is 1.40 bits per heavy atom. The molecule has 1 aliphatic carbocycles. The Bertz CT molecular complexity index is 632. The summed E-state index contributed by atoms with van der Waals surface area (Å²) < 4.78 is 6.13. The van der Waals surface area contributed by atoms with Crippen LogP contribution in [0.2, 0.25) is 0 Å². The number of ether oxygens (including phenoxy) is 1. The highest BCUT2D eigenvalue weighted by Gasteiger charge is 2.50. The van der Waals surface area contributed by atoms with Crippen molar-refractivity contribution in [2.24, 2.45) is 0 Å². The van der Waals surface area contributed by atoms with Gasteiger partial charge in [-0.05, 0) is 46.5 Å². The van der Waals surface area contributed by atoms with Crippen LogP contribution in [0.1, 0.15) is 23.4 Å². The van der Waals surface area contributed by atoms with Crippen LogP contribution >= 0.6 is 27.3 Å². The molecule has 0 bridgehead atoms. The van der Waals surface area contributed by atoms with E-state index < -0.39 is 0 Å². The third kappa shape index (κ3) is 2.52. The molecule has 1 aromatic carbocycles. The second-order valence-electron chi connectivity index (χ2n) is 4.97. The predicted molar refractivity (Wildman–Crippen MR) is 82.4 cm³/mol. The lowest BCUT2D eigenvalue weighted by atomic mass is 9.90. The molecule has 0 spiro atoms. The summed E-state index contributed by atoms with van der Waals surface area (Å²) in [5.41, 5.74) is 0.809. The largest absolute Gasteiger partial charge is 0.497 e. The summed E-state index contributed by atoms with van der Waals surface area (Å²) >= 11 is 4.91. The molecule has 1 aromatic heterocycles. The Morgan fingerprint density at radius 2 is 2.10 bits per heavy atom. The molecule has 0 unspecified atom stereocenters. The summed E-state index contributed by atoms with van der Waals surface area (Å²) in [7, 11) is 1.65. The fraction of sp³-hybridized carbons (Fsp3) is 0.333. The van der Waals surface area contributed by atoms with Gasteiger partial charge in [0.25, 0.3) is 0 Å². The van der Waals surface area contributed by atoms with E-state index in [-0.39, 0.29) is 11.2 Å². The highest BCUT2D eigenvalue weighted by atomic mass is 79.9. The molecule has 3 nitrogen and oxygen atoms in total. The first-order chi connectivity index (χ1) is 9.64. The number of aromatic nitrogens is 1. The summed E-state index contributed by atoms with van der Waals surface area (Å²) in [5.74, 6) is 1.09. The van der Waals surface area contributed by atoms with Crippen LogP contribution in [0.15, 0.2) is 34.2 Å². The van der Waals surface area contributed by atoms with E-state index in [1.165, 1.54) is 11.3 Å². The van der Waals surface area contributed by atoms with E-state index in [0.717, 1.165) is 32.9 Å². The molecule has 20 heavy (non-hydrogen) atoms. The first-order valence-electron chi connectivity index (χ1n) is 6.42. The fourth-order valence-corrected chi connectivity index (χ4v) is 3.74. The number of carbonyl (C=O) groups excluding carboxylic acids is 1. The van der Waals surface area contributed by atoms with Crippen LogP contribution in [-0.2, 0) is 16.6 Å². The molecule has 1 heterocycles. The van der Waals surface area contributed by atoms with Gasteiger partial charge in [-0.25, -0.2) is 4.98 Å². The number of halogens is 1. The second kappa shape index (κ2) is 5.30. The van der Waals surface area contributed by atoms with Gasteiger partial charge in [0.15, 0.2) is 0 Å². The molecule has 1 aliphatic rings. The standard InChI is InChI=1S/C15H14BrNO2S/c1-19-11-4-2-10(3-5-11)15(6-7-15)12(18)8-14-17-9-13(16)20-14/h2-5,9H,6-8H2,1H3. The molecule has 1 saturated carbocycles. The lowest BCUT2D eigenvalue weighted by Gasteiger charge is -2.14. The quantitative estimate of drug-likeness (QED) is 0.823. The molecular weight excluding hydrogens is 338 g/mol. The van der Waals surface area contributed by atoms with Crippen molar-refractivity contribution < 1.29 is 9.53 Å². The van der Waals surface area contributed by atoms with Gasteiger partial charge >= 0.3 is 0 Å². The van der Waals surface area contributed by atoms with Crippen molar-refractivity contribution in [2.45, 2.75) is 24.7 Å². The van der Waals surface area contributed by atoms with Crippen molar-refractivity contribution in [3.8, 4) is 5.75 Å². The average Bonchev–Trinajstić information content (AvgIpc) is 3.18. The third-order valence-corrected chi connectivity index (χ3v) is 5.24. The number of rotatable bonds is 5. The average molecular weight is 352 g/mol. The van der Waals surface area contributed by atoms with Gasteiger partial charge in [-0.1, -0.05) is 12.1 Å². The number of ketones is 1. The van der Waals surface area contributed by atoms with Gasteiger partial charge in [0.1, 0.15) is 16.5 Å². The van der Waals surface area contributed by atoms with Crippen LogP contribution in [0.3, 0.4) is 0 Å². The van der Waals surface area contributed by atoms with E-state index in [9.17, 15) is 4.79 Å². The highest BCUT2D eigenvalue weighted by Crippen LogP contribution is 2.50. The zero-order valence-corrected chi connectivity index (χ0v) is 13.5. The van der Waals surface area contributed by atoms with Crippen molar-refractivity contribution in [1.29, 1.82) is 0 Å². The maximum Gasteiger partial charge on any atom is 0.150 e. The molecule has 1 fully saturated rings. The predicted octanol–water partition coefficient (Wildman–Crippen LogP) is 3.76. The molecule has 3 rings (SSSR count). The number of benzene rings is 1. The smallest absolute Gasteiger partial charge is 0.150 e. The van der Waals surface area contributed by atoms with Crippen molar-refractivity contribution in [3.05, 3.63) is 44.8 Å². The monoisotopic (exact) mass is 351 g/mol. The van der Waals surface area contributed by atoms with Gasteiger partial charge in [-0.15, -0.1) is 11.3 Å². The number of methoxy groups -OCH3 is 1. The van der Waals surface area contributed by atoms with Gasteiger partial charge in [-0.3, -0.25) is 4.79 Å². The third-order valence-electron chi connectivity index (χ3n) is 3.76. The number of carbonyl (C=O) groups is 1. The number of nitrogens with zero attached hydrogens (tertiary/aromatic N) is 1. The number of hydrogen-bond donors (Lipinski definition) is 0. The van der Waals surface area contributed by atoms with Gasteiger partial charge < -0.3 is 4.74 Å². The lowest BCUT2D eigenvalue weighted by molar-refractivity contribution is -0.120. The van der Waals surface area contributed by atoms with Gasteiger partial charge in [-0.2, -0.15) is 0 Å². The van der Waals surface area contributed by atoms with E-state index in [1.807, 2.05) is 24.3 Å². The minimum Gasteiger partial charge on any atom is -0.497 e. The van der Waals surface area contributed by atoms with Gasteiger partial charge in [0.2, 0.25) is 0 Å². The fourth-order valence-electron chi connectivity index (χ4n) is 2.44. The van der Waals surface area contributed by atoms with E-state index in [0.29, 0.717) is 6.42 Å². The first-order valence-corrected chi connectivity index (χ1v) is 8.03. The zero-order valence-electron chi connectivity index (χ0n) is 11.1. The molecule has 5 heteroatoms. The summed E-state index contributed by atoms with van der Waals surface area (Å²) in [5, 5.41) is 0.877. The van der Waals surface area contributed by atoms with Crippen molar-refractivity contribution in [3.63, 3.8) is 0 Å². The summed E-state index contributed by atoms with van der Waals surface area (Å²) in [6, 6.07) is 7.84. The Hall–Kier alpha value is -1.20. The minimum atomic E-state index is -0.287. The first kappa shape index (κ1) is 13.8. The van der Waals surface area contributed by atoms with Crippen LogP contribution in [-0.4, -0.2) is 17.9 Å². The Labute approximate surface area is 130 Å². The number of hydrogen-bond acceptors (Lipinski definition) is 4. The maximum atomic E-state index is 12.6. The molecule has 2 aromatic rings. The van der Waals surface area contributed by atoms with Gasteiger partial charge in [0, 0.05) is 0 Å². The summed E-state index contributed by atoms with van der Waals surface area (Å²) in [6.45, 7) is 0. The molecule has 0 radical (unpaired) electrons. The molecule has 104 valence electrons. The Kier molecular flexibility index (Phi) is 3.65. The number of thiazole rings is 1. The van der Waals surface area contributed by atoms with Gasteiger partial charge in [0.05, 0.1) is 28.9 Å². The Balaban J connectivity index is 1.79. The molecule has 0 aliphatic heterocycles. The molecule has 0 amide bonds. The SMILES string of the molecule is COc1ccc(C2(C(=O)Cc3ncc(Br)s3)CC2)cc1. The van der Waals surface area contributed by atoms with Crippen LogP contribution < -0.4 is 4.74 Å². The highest BCUT2D eigenvalue weighted by molar-refractivity contribution is 9.11. The van der Waals surface area contributed by atoms with Crippen molar-refractivity contribution >= 4 is 33.0 Å². The van der Waals surface area contributed by atoms with E-state index in [4.69, 9.17) is 4.74 Å². The molecule has 0 N–H and O–H groups in total.